The first-order valence-corrected chi connectivity index (χ1v) is 16.7. The van der Waals surface area contributed by atoms with Gasteiger partial charge in [-0.15, -0.1) is 0 Å². The van der Waals surface area contributed by atoms with Crippen molar-refractivity contribution in [1.82, 2.24) is 0 Å². The van der Waals surface area contributed by atoms with Gasteiger partial charge in [-0.25, -0.2) is 12.9 Å². The average molecular weight is 546 g/mol. The summed E-state index contributed by atoms with van der Waals surface area (Å²) < 4.78 is 59.6. The zero-order chi connectivity index (χ0) is 26.3. The molecule has 0 aliphatic carbocycles. The van der Waals surface area contributed by atoms with Crippen LogP contribution in [0, 0.1) is 0 Å². The molecule has 3 aromatic carbocycles. The standard InChI is InChI=1S/C27H33O6P3/c1-19(2)22-7-13-25(14-8-22)34(28)31-35(29,26-15-9-23(10-16-26)20(3)4)33-36(30,32-34)27-17-11-24(12-18-27)21(5)6/h7-21H,1-6H3. The second-order valence-corrected chi connectivity index (χ2v) is 16.5. The fraction of sp³-hybridized carbons (Fsp3) is 0.333. The van der Waals surface area contributed by atoms with E-state index in [9.17, 15) is 13.7 Å². The first-order chi connectivity index (χ1) is 16.9. The molecule has 3 aromatic rings. The molecule has 1 fully saturated rings. The third-order valence-corrected chi connectivity index (χ3v) is 14.2. The van der Waals surface area contributed by atoms with E-state index in [0.29, 0.717) is 0 Å². The van der Waals surface area contributed by atoms with Gasteiger partial charge in [0.05, 0.1) is 15.9 Å². The van der Waals surface area contributed by atoms with Gasteiger partial charge in [0, 0.05) is 0 Å². The monoisotopic (exact) mass is 546 g/mol. The molecule has 0 bridgehead atoms. The van der Waals surface area contributed by atoms with Crippen LogP contribution in [0.2, 0.25) is 0 Å². The van der Waals surface area contributed by atoms with E-state index in [0.717, 1.165) is 16.7 Å². The van der Waals surface area contributed by atoms with Gasteiger partial charge in [-0.3, -0.25) is 13.7 Å². The predicted octanol–water partition coefficient (Wildman–Crippen LogP) is 7.98. The van der Waals surface area contributed by atoms with E-state index in [-0.39, 0.29) is 33.7 Å². The molecule has 1 heterocycles. The molecule has 0 atom stereocenters. The molecule has 1 aliphatic rings. The molecule has 0 unspecified atom stereocenters. The molecule has 192 valence electrons. The first-order valence-electron chi connectivity index (χ1n) is 12.1. The van der Waals surface area contributed by atoms with Gasteiger partial charge < -0.3 is 0 Å². The van der Waals surface area contributed by atoms with Crippen molar-refractivity contribution in [2.45, 2.75) is 59.3 Å². The fourth-order valence-corrected chi connectivity index (χ4v) is 12.2. The van der Waals surface area contributed by atoms with Crippen LogP contribution in [0.4, 0.5) is 0 Å². The van der Waals surface area contributed by atoms with Crippen molar-refractivity contribution in [2.75, 3.05) is 0 Å². The van der Waals surface area contributed by atoms with E-state index in [1.165, 1.54) is 0 Å². The molecule has 0 spiro atoms. The zero-order valence-corrected chi connectivity index (χ0v) is 24.1. The Bertz CT molecular complexity index is 1170. The fourth-order valence-electron chi connectivity index (χ4n) is 3.88. The molecule has 0 saturated carbocycles. The highest BCUT2D eigenvalue weighted by molar-refractivity contribution is 7.87. The lowest BCUT2D eigenvalue weighted by molar-refractivity contribution is 0.297. The van der Waals surface area contributed by atoms with Gasteiger partial charge in [0.1, 0.15) is 0 Å². The molecule has 1 saturated heterocycles. The van der Waals surface area contributed by atoms with Crippen LogP contribution in [0.5, 0.6) is 0 Å². The van der Waals surface area contributed by atoms with Gasteiger partial charge in [0.25, 0.3) is 0 Å². The first kappa shape index (κ1) is 27.3. The molecule has 6 nitrogen and oxygen atoms in total. The highest BCUT2D eigenvalue weighted by Gasteiger charge is 2.55. The molecule has 0 aromatic heterocycles. The Morgan fingerprint density at radius 1 is 0.417 bits per heavy atom. The lowest BCUT2D eigenvalue weighted by atomic mass is 10.0. The van der Waals surface area contributed by atoms with Crippen molar-refractivity contribution < 1.29 is 26.6 Å². The van der Waals surface area contributed by atoms with Crippen LogP contribution >= 0.6 is 22.8 Å². The van der Waals surface area contributed by atoms with E-state index in [4.69, 9.17) is 12.9 Å². The van der Waals surface area contributed by atoms with Gasteiger partial charge in [-0.05, 0) is 70.8 Å². The largest absolute Gasteiger partial charge is 0.376 e. The summed E-state index contributed by atoms with van der Waals surface area (Å²) in [4.78, 5) is 0. The van der Waals surface area contributed by atoms with Crippen LogP contribution < -0.4 is 15.9 Å². The summed E-state index contributed by atoms with van der Waals surface area (Å²) in [6.07, 6.45) is 0. The third-order valence-electron chi connectivity index (χ3n) is 6.27. The molecule has 4 rings (SSSR count). The van der Waals surface area contributed by atoms with E-state index in [1.54, 1.807) is 36.4 Å². The van der Waals surface area contributed by atoms with Gasteiger partial charge in [-0.2, -0.15) is 0 Å². The summed E-state index contributed by atoms with van der Waals surface area (Å²) in [5.41, 5.74) is 3.08. The van der Waals surface area contributed by atoms with Crippen molar-refractivity contribution >= 4 is 38.7 Å². The van der Waals surface area contributed by atoms with Crippen LogP contribution in [0.25, 0.3) is 0 Å². The highest BCUT2D eigenvalue weighted by Crippen LogP contribution is 2.80. The Morgan fingerprint density at radius 3 is 0.778 bits per heavy atom. The normalized spacial score (nSPS) is 26.6. The molecular weight excluding hydrogens is 513 g/mol. The van der Waals surface area contributed by atoms with Gasteiger partial charge in [0.2, 0.25) is 0 Å². The predicted molar refractivity (Wildman–Crippen MR) is 147 cm³/mol. The Labute approximate surface area is 214 Å². The Balaban J connectivity index is 1.83. The zero-order valence-electron chi connectivity index (χ0n) is 21.5. The summed E-state index contributed by atoms with van der Waals surface area (Å²) >= 11 is 0. The minimum Gasteiger partial charge on any atom is -0.254 e. The van der Waals surface area contributed by atoms with Crippen LogP contribution in [0.1, 0.15) is 76.0 Å². The van der Waals surface area contributed by atoms with Gasteiger partial charge in [-0.1, -0.05) is 77.9 Å². The second-order valence-electron chi connectivity index (χ2n) is 9.98. The van der Waals surface area contributed by atoms with E-state index in [2.05, 4.69) is 0 Å². The van der Waals surface area contributed by atoms with Gasteiger partial charge in [0.15, 0.2) is 0 Å². The van der Waals surface area contributed by atoms with E-state index < -0.39 is 22.8 Å². The van der Waals surface area contributed by atoms with Gasteiger partial charge >= 0.3 is 22.8 Å². The topological polar surface area (TPSA) is 78.9 Å². The number of hydrogen-bond acceptors (Lipinski definition) is 6. The minimum atomic E-state index is -4.30. The van der Waals surface area contributed by atoms with Crippen molar-refractivity contribution in [3.8, 4) is 0 Å². The maximum absolute atomic E-state index is 14.2. The van der Waals surface area contributed by atoms with E-state index >= 15 is 0 Å². The van der Waals surface area contributed by atoms with Crippen LogP contribution in [-0.4, -0.2) is 0 Å². The Hall–Kier alpha value is -1.77. The summed E-state index contributed by atoms with van der Waals surface area (Å²) in [6, 6.07) is 20.5. The quantitative estimate of drug-likeness (QED) is 0.292. The Kier molecular flexibility index (Phi) is 7.71. The number of hydrogen-bond donors (Lipinski definition) is 0. The highest BCUT2D eigenvalue weighted by atomic mass is 31.3. The molecule has 0 N–H and O–H groups in total. The van der Waals surface area contributed by atoms with E-state index in [1.807, 2.05) is 77.9 Å². The molecule has 36 heavy (non-hydrogen) atoms. The lowest BCUT2D eigenvalue weighted by Gasteiger charge is -2.34. The van der Waals surface area contributed by atoms with Crippen molar-refractivity contribution in [3.05, 3.63) is 89.5 Å². The Morgan fingerprint density at radius 2 is 0.611 bits per heavy atom. The lowest BCUT2D eigenvalue weighted by Crippen LogP contribution is -2.22. The summed E-state index contributed by atoms with van der Waals surface area (Å²) in [7, 11) is -12.9. The average Bonchev–Trinajstić information content (AvgIpc) is 2.83. The molecule has 9 heteroatoms. The second kappa shape index (κ2) is 10.2. The molecule has 1 aliphatic heterocycles. The molecule has 0 radical (unpaired) electrons. The maximum Gasteiger partial charge on any atom is 0.376 e. The van der Waals surface area contributed by atoms with Crippen molar-refractivity contribution in [3.63, 3.8) is 0 Å². The SMILES string of the molecule is CC(C)c1ccc(P2(=O)OP(=O)(c3ccc(C(C)C)cc3)OP(=O)(c3ccc(C(C)C)cc3)O2)cc1. The van der Waals surface area contributed by atoms with Crippen LogP contribution in [0.15, 0.2) is 72.8 Å². The van der Waals surface area contributed by atoms with Crippen LogP contribution in [-0.2, 0) is 26.6 Å². The third kappa shape index (κ3) is 5.41. The van der Waals surface area contributed by atoms with Crippen molar-refractivity contribution in [1.29, 1.82) is 0 Å². The summed E-state index contributed by atoms with van der Waals surface area (Å²) in [5.74, 6) is 0.771. The number of rotatable bonds is 6. The molecular formula is C27H33O6P3. The summed E-state index contributed by atoms with van der Waals surface area (Å²) in [6.45, 7) is 12.3. The maximum atomic E-state index is 14.2. The smallest absolute Gasteiger partial charge is 0.254 e. The molecule has 0 amide bonds. The summed E-state index contributed by atoms with van der Waals surface area (Å²) in [5, 5.41) is 0.523. The minimum absolute atomic E-state index is 0.174. The van der Waals surface area contributed by atoms with Crippen molar-refractivity contribution in [2.24, 2.45) is 0 Å². The number of benzene rings is 3. The van der Waals surface area contributed by atoms with Crippen LogP contribution in [0.3, 0.4) is 0 Å².